The molecule has 10 heteroatoms. The average molecular weight is 549 g/mol. The molecule has 0 saturated heterocycles. The molecule has 2 aromatic carbocycles. The van der Waals surface area contributed by atoms with Gasteiger partial charge in [-0.3, -0.25) is 30.6 Å². The van der Waals surface area contributed by atoms with E-state index in [9.17, 15) is 14.4 Å². The lowest BCUT2D eigenvalue weighted by Gasteiger charge is -2.14. The predicted octanol–water partition coefficient (Wildman–Crippen LogP) is 4.42. The summed E-state index contributed by atoms with van der Waals surface area (Å²) in [5.74, 6) is -0.278. The third-order valence-corrected chi connectivity index (χ3v) is 5.29. The van der Waals surface area contributed by atoms with Gasteiger partial charge in [0.2, 0.25) is 5.91 Å². The molecule has 182 valence electrons. The SMILES string of the molecule is CC(C)CCOc1ccc(Br)cc1C(=O)NC(=S)NNC(=O)c1ccc(NC(=O)C(C)C)cc1. The number of anilines is 1. The van der Waals surface area contributed by atoms with Crippen LogP contribution in [0.25, 0.3) is 0 Å². The van der Waals surface area contributed by atoms with Crippen molar-refractivity contribution in [3.8, 4) is 5.75 Å². The van der Waals surface area contributed by atoms with Crippen molar-refractivity contribution in [2.75, 3.05) is 11.9 Å². The Morgan fingerprint density at radius 1 is 0.971 bits per heavy atom. The zero-order chi connectivity index (χ0) is 25.3. The number of hydrazine groups is 1. The number of halogens is 1. The fraction of sp³-hybridized carbons (Fsp3) is 0.333. The van der Waals surface area contributed by atoms with E-state index in [1.165, 1.54) is 0 Å². The quantitative estimate of drug-likeness (QED) is 0.287. The molecule has 8 nitrogen and oxygen atoms in total. The van der Waals surface area contributed by atoms with Gasteiger partial charge in [0, 0.05) is 21.6 Å². The summed E-state index contributed by atoms with van der Waals surface area (Å²) in [4.78, 5) is 36.8. The van der Waals surface area contributed by atoms with Crippen molar-refractivity contribution in [2.45, 2.75) is 34.1 Å². The van der Waals surface area contributed by atoms with Crippen molar-refractivity contribution in [1.82, 2.24) is 16.2 Å². The van der Waals surface area contributed by atoms with Gasteiger partial charge in [-0.25, -0.2) is 0 Å². The van der Waals surface area contributed by atoms with E-state index in [1.54, 1.807) is 56.3 Å². The van der Waals surface area contributed by atoms with Gasteiger partial charge in [0.05, 0.1) is 12.2 Å². The summed E-state index contributed by atoms with van der Waals surface area (Å²) in [7, 11) is 0. The first-order chi connectivity index (χ1) is 16.1. The van der Waals surface area contributed by atoms with Crippen molar-refractivity contribution < 1.29 is 19.1 Å². The van der Waals surface area contributed by atoms with Crippen LogP contribution in [0.5, 0.6) is 5.75 Å². The van der Waals surface area contributed by atoms with Crippen LogP contribution >= 0.6 is 28.1 Å². The summed E-state index contributed by atoms with van der Waals surface area (Å²) in [5.41, 5.74) is 6.19. The summed E-state index contributed by atoms with van der Waals surface area (Å²) in [6.07, 6.45) is 0.855. The van der Waals surface area contributed by atoms with Gasteiger partial charge in [-0.05, 0) is 67.0 Å². The number of rotatable bonds is 8. The van der Waals surface area contributed by atoms with Gasteiger partial charge in [0.15, 0.2) is 5.11 Å². The molecule has 34 heavy (non-hydrogen) atoms. The molecule has 0 radical (unpaired) electrons. The molecule has 2 aromatic rings. The maximum Gasteiger partial charge on any atom is 0.269 e. The molecular formula is C24H29BrN4O4S. The van der Waals surface area contributed by atoms with Crippen molar-refractivity contribution >= 4 is 56.7 Å². The van der Waals surface area contributed by atoms with Crippen LogP contribution in [0, 0.1) is 11.8 Å². The maximum absolute atomic E-state index is 12.7. The molecule has 0 spiro atoms. The second-order valence-electron chi connectivity index (χ2n) is 8.26. The zero-order valence-electron chi connectivity index (χ0n) is 19.5. The topological polar surface area (TPSA) is 109 Å². The summed E-state index contributed by atoms with van der Waals surface area (Å²) < 4.78 is 6.48. The first-order valence-electron chi connectivity index (χ1n) is 10.8. The monoisotopic (exact) mass is 548 g/mol. The Morgan fingerprint density at radius 2 is 1.65 bits per heavy atom. The normalized spacial score (nSPS) is 10.6. The Bertz CT molecular complexity index is 1040. The van der Waals surface area contributed by atoms with E-state index in [1.807, 2.05) is 0 Å². The number of carbonyl (C=O) groups excluding carboxylic acids is 3. The van der Waals surface area contributed by atoms with Crippen molar-refractivity contribution in [3.63, 3.8) is 0 Å². The van der Waals surface area contributed by atoms with E-state index >= 15 is 0 Å². The van der Waals surface area contributed by atoms with E-state index in [0.29, 0.717) is 39.6 Å². The van der Waals surface area contributed by atoms with Crippen molar-refractivity contribution in [3.05, 3.63) is 58.1 Å². The summed E-state index contributed by atoms with van der Waals surface area (Å²) in [5, 5.41) is 5.21. The number of amides is 3. The molecule has 0 saturated carbocycles. The largest absolute Gasteiger partial charge is 0.493 e. The third-order valence-electron chi connectivity index (χ3n) is 4.59. The highest BCUT2D eigenvalue weighted by atomic mass is 79.9. The fourth-order valence-electron chi connectivity index (χ4n) is 2.59. The molecular weight excluding hydrogens is 520 g/mol. The maximum atomic E-state index is 12.7. The van der Waals surface area contributed by atoms with Crippen LogP contribution in [-0.2, 0) is 4.79 Å². The number of benzene rings is 2. The van der Waals surface area contributed by atoms with E-state index in [-0.39, 0.29) is 16.9 Å². The Kier molecular flexibility index (Phi) is 10.5. The minimum absolute atomic E-state index is 0.0766. The third kappa shape index (κ3) is 8.75. The molecule has 0 fully saturated rings. The molecule has 0 aromatic heterocycles. The lowest BCUT2D eigenvalue weighted by molar-refractivity contribution is -0.118. The van der Waals surface area contributed by atoms with Gasteiger partial charge in [0.1, 0.15) is 5.75 Å². The first kappa shape index (κ1) is 27.3. The van der Waals surface area contributed by atoms with Crippen molar-refractivity contribution in [2.24, 2.45) is 11.8 Å². The minimum atomic E-state index is -0.474. The summed E-state index contributed by atoms with van der Waals surface area (Å²) >= 11 is 8.49. The van der Waals surface area contributed by atoms with Crippen LogP contribution in [0.3, 0.4) is 0 Å². The summed E-state index contributed by atoms with van der Waals surface area (Å²) in [6, 6.07) is 11.5. The Morgan fingerprint density at radius 3 is 2.26 bits per heavy atom. The molecule has 4 N–H and O–H groups in total. The van der Waals surface area contributed by atoms with Gasteiger partial charge >= 0.3 is 0 Å². The predicted molar refractivity (Wildman–Crippen MR) is 140 cm³/mol. The Balaban J connectivity index is 1.91. The van der Waals surface area contributed by atoms with Crippen LogP contribution in [0.4, 0.5) is 5.69 Å². The lowest BCUT2D eigenvalue weighted by atomic mass is 10.1. The van der Waals surface area contributed by atoms with Crippen LogP contribution in [0.2, 0.25) is 0 Å². The molecule has 0 aliphatic heterocycles. The number of thiocarbonyl (C=S) groups is 1. The Labute approximate surface area is 213 Å². The molecule has 0 bridgehead atoms. The van der Waals surface area contributed by atoms with Gasteiger partial charge < -0.3 is 10.1 Å². The molecule has 0 heterocycles. The second kappa shape index (κ2) is 13.0. The number of ether oxygens (including phenoxy) is 1. The fourth-order valence-corrected chi connectivity index (χ4v) is 3.09. The second-order valence-corrected chi connectivity index (χ2v) is 9.58. The van der Waals surface area contributed by atoms with Gasteiger partial charge in [-0.15, -0.1) is 0 Å². The highest BCUT2D eigenvalue weighted by molar-refractivity contribution is 9.10. The van der Waals surface area contributed by atoms with Gasteiger partial charge in [-0.2, -0.15) is 0 Å². The number of hydrogen-bond acceptors (Lipinski definition) is 5. The average Bonchev–Trinajstić information content (AvgIpc) is 2.78. The van der Waals surface area contributed by atoms with Crippen LogP contribution in [0.15, 0.2) is 46.9 Å². The van der Waals surface area contributed by atoms with Gasteiger partial charge in [-0.1, -0.05) is 43.6 Å². The van der Waals surface area contributed by atoms with E-state index < -0.39 is 11.8 Å². The van der Waals surface area contributed by atoms with E-state index in [2.05, 4.69) is 51.3 Å². The Hall–Kier alpha value is -2.98. The van der Waals surface area contributed by atoms with Gasteiger partial charge in [0.25, 0.3) is 11.8 Å². The van der Waals surface area contributed by atoms with Crippen LogP contribution in [-0.4, -0.2) is 29.4 Å². The molecule has 0 aliphatic carbocycles. The number of hydrogen-bond donors (Lipinski definition) is 4. The molecule has 0 aliphatic rings. The molecule has 0 unspecified atom stereocenters. The van der Waals surface area contributed by atoms with Crippen molar-refractivity contribution in [1.29, 1.82) is 0 Å². The number of carbonyl (C=O) groups is 3. The highest BCUT2D eigenvalue weighted by Crippen LogP contribution is 2.24. The number of nitrogens with one attached hydrogen (secondary N) is 4. The standard InChI is InChI=1S/C24H29BrN4O4S/c1-14(2)11-12-33-20-10-7-17(25)13-19(20)23(32)27-24(34)29-28-22(31)16-5-8-18(9-6-16)26-21(30)15(3)4/h5-10,13-15H,11-12H2,1-4H3,(H,26,30)(H,28,31)(H2,27,29,32,34). The zero-order valence-corrected chi connectivity index (χ0v) is 21.9. The smallest absolute Gasteiger partial charge is 0.269 e. The first-order valence-corrected chi connectivity index (χ1v) is 12.0. The van der Waals surface area contributed by atoms with E-state index in [4.69, 9.17) is 17.0 Å². The van der Waals surface area contributed by atoms with Crippen LogP contribution in [0.1, 0.15) is 54.8 Å². The highest BCUT2D eigenvalue weighted by Gasteiger charge is 2.16. The summed E-state index contributed by atoms with van der Waals surface area (Å²) in [6.45, 7) is 8.26. The molecule has 2 rings (SSSR count). The van der Waals surface area contributed by atoms with E-state index in [0.717, 1.165) is 6.42 Å². The minimum Gasteiger partial charge on any atom is -0.493 e. The molecule has 3 amide bonds. The lowest BCUT2D eigenvalue weighted by Crippen LogP contribution is -2.48. The van der Waals surface area contributed by atoms with Crippen LogP contribution < -0.4 is 26.2 Å². The molecule has 0 atom stereocenters.